The first-order valence-corrected chi connectivity index (χ1v) is 6.15. The minimum atomic E-state index is -0.538. The fourth-order valence-corrected chi connectivity index (χ4v) is 2.23. The van der Waals surface area contributed by atoms with Crippen LogP contribution < -0.4 is 10.9 Å². The topological polar surface area (TPSA) is 58.7 Å². The van der Waals surface area contributed by atoms with Gasteiger partial charge in [0.2, 0.25) is 0 Å². The summed E-state index contributed by atoms with van der Waals surface area (Å²) in [5.41, 5.74) is 1.98. The van der Waals surface area contributed by atoms with Crippen molar-refractivity contribution in [3.8, 4) is 0 Å². The number of rotatable bonds is 1. The molecule has 3 rings (SSSR count). The van der Waals surface area contributed by atoms with E-state index in [-0.39, 0.29) is 12.2 Å². The van der Waals surface area contributed by atoms with Gasteiger partial charge in [-0.2, -0.15) is 0 Å². The molecule has 1 aliphatic rings. The van der Waals surface area contributed by atoms with Gasteiger partial charge in [0.05, 0.1) is 5.71 Å². The maximum atomic E-state index is 14.0. The number of benzene rings is 2. The number of carbonyl (C=O) groups is 1. The molecule has 2 aromatic rings. The van der Waals surface area contributed by atoms with Gasteiger partial charge in [-0.25, -0.2) is 15.2 Å². The predicted molar refractivity (Wildman–Crippen MR) is 75.0 cm³/mol. The zero-order valence-electron chi connectivity index (χ0n) is 10.6. The molecule has 2 N–H and O–H groups in total. The number of fused-ring (bicyclic) bond motifs is 1. The summed E-state index contributed by atoms with van der Waals surface area (Å²) in [5, 5.41) is 0.837. The van der Waals surface area contributed by atoms with Gasteiger partial charge in [-0.05, 0) is 6.07 Å². The molecule has 0 aliphatic carbocycles. The summed E-state index contributed by atoms with van der Waals surface area (Å²) in [7, 11) is 0. The number of hydrogen-bond acceptors (Lipinski definition) is 3. The molecule has 1 amide bonds. The summed E-state index contributed by atoms with van der Waals surface area (Å²) in [6, 6.07) is 13.9. The number of benzodiazepines with no additional fused rings is 1. The highest BCUT2D eigenvalue weighted by atomic mass is 19.1. The Kier molecular flexibility index (Phi) is 3.04. The Bertz CT molecular complexity index is 698. The average Bonchev–Trinajstić information content (AvgIpc) is 2.59. The van der Waals surface area contributed by atoms with Crippen LogP contribution in [0.15, 0.2) is 53.5 Å². The van der Waals surface area contributed by atoms with Gasteiger partial charge in [0, 0.05) is 11.1 Å². The van der Waals surface area contributed by atoms with Gasteiger partial charge >= 0.3 is 0 Å². The molecule has 20 heavy (non-hydrogen) atoms. The summed E-state index contributed by atoms with van der Waals surface area (Å²) in [4.78, 5) is 16.1. The van der Waals surface area contributed by atoms with E-state index in [0.29, 0.717) is 11.3 Å². The van der Waals surface area contributed by atoms with Crippen LogP contribution in [0.4, 0.5) is 10.1 Å². The Hall–Kier alpha value is -2.53. The molecule has 0 radical (unpaired) electrons. The minimum absolute atomic E-state index is 0.0672. The molecule has 1 aliphatic heterocycles. The van der Waals surface area contributed by atoms with Crippen LogP contribution in [0.1, 0.15) is 11.1 Å². The highest BCUT2D eigenvalue weighted by molar-refractivity contribution is 6.19. The summed E-state index contributed by atoms with van der Waals surface area (Å²) in [6.07, 6.45) is 0. The van der Waals surface area contributed by atoms with E-state index in [1.807, 2.05) is 30.3 Å². The standard InChI is InChI=1S/C15H12FN3O/c16-12-8-4-7-11-14(10-5-2-1-3-6-10)18-9-13(20)19(17)15(11)12/h1-8H,9,17H2. The molecule has 2 aromatic carbocycles. The number of halogens is 1. The molecule has 5 heteroatoms. The Balaban J connectivity index is 2.25. The normalized spacial score (nSPS) is 14.6. The second-order valence-electron chi connectivity index (χ2n) is 4.43. The van der Waals surface area contributed by atoms with Gasteiger partial charge in [-0.1, -0.05) is 42.5 Å². The Morgan fingerprint density at radius 2 is 1.85 bits per heavy atom. The number of hydrazine groups is 1. The van der Waals surface area contributed by atoms with E-state index in [0.717, 1.165) is 10.6 Å². The van der Waals surface area contributed by atoms with Crippen molar-refractivity contribution >= 4 is 17.3 Å². The predicted octanol–water partition coefficient (Wildman–Crippen LogP) is 1.88. The Labute approximate surface area is 115 Å². The van der Waals surface area contributed by atoms with Crippen LogP contribution in [-0.4, -0.2) is 18.2 Å². The van der Waals surface area contributed by atoms with Gasteiger partial charge in [-0.3, -0.25) is 9.79 Å². The Morgan fingerprint density at radius 3 is 2.60 bits per heavy atom. The van der Waals surface area contributed by atoms with Crippen molar-refractivity contribution in [2.75, 3.05) is 11.6 Å². The van der Waals surface area contributed by atoms with E-state index in [9.17, 15) is 9.18 Å². The van der Waals surface area contributed by atoms with Crippen molar-refractivity contribution in [2.45, 2.75) is 0 Å². The van der Waals surface area contributed by atoms with Crippen molar-refractivity contribution in [3.63, 3.8) is 0 Å². The van der Waals surface area contributed by atoms with Crippen molar-refractivity contribution < 1.29 is 9.18 Å². The lowest BCUT2D eigenvalue weighted by atomic mass is 10.0. The van der Waals surface area contributed by atoms with Crippen molar-refractivity contribution in [3.05, 3.63) is 65.5 Å². The number of nitrogens with zero attached hydrogens (tertiary/aromatic N) is 2. The smallest absolute Gasteiger partial charge is 0.262 e. The second-order valence-corrected chi connectivity index (χ2v) is 4.43. The molecule has 0 saturated carbocycles. The molecular weight excluding hydrogens is 257 g/mol. The zero-order chi connectivity index (χ0) is 14.1. The third-order valence-corrected chi connectivity index (χ3v) is 3.17. The van der Waals surface area contributed by atoms with Crippen LogP contribution >= 0.6 is 0 Å². The second kappa shape index (κ2) is 4.86. The Morgan fingerprint density at radius 1 is 1.10 bits per heavy atom. The first-order valence-electron chi connectivity index (χ1n) is 6.15. The third kappa shape index (κ3) is 1.98. The number of para-hydroxylation sites is 1. The van der Waals surface area contributed by atoms with Crippen molar-refractivity contribution in [1.82, 2.24) is 0 Å². The maximum absolute atomic E-state index is 14.0. The molecule has 0 bridgehead atoms. The quantitative estimate of drug-likeness (QED) is 0.635. The molecule has 0 unspecified atom stereocenters. The van der Waals surface area contributed by atoms with Gasteiger partial charge in [0.1, 0.15) is 18.0 Å². The summed E-state index contributed by atoms with van der Waals surface area (Å²) < 4.78 is 14.0. The first kappa shape index (κ1) is 12.5. The lowest BCUT2D eigenvalue weighted by Crippen LogP contribution is -2.39. The molecule has 0 spiro atoms. The van der Waals surface area contributed by atoms with E-state index < -0.39 is 11.7 Å². The molecule has 0 aromatic heterocycles. The average molecular weight is 269 g/mol. The fraction of sp³-hybridized carbons (Fsp3) is 0.0667. The van der Waals surface area contributed by atoms with E-state index in [4.69, 9.17) is 5.84 Å². The van der Waals surface area contributed by atoms with Crippen LogP contribution in [0.25, 0.3) is 0 Å². The number of nitrogens with two attached hydrogens (primary N) is 1. The molecular formula is C15H12FN3O. The molecule has 4 nitrogen and oxygen atoms in total. The van der Waals surface area contributed by atoms with Crippen LogP contribution in [0.3, 0.4) is 0 Å². The van der Waals surface area contributed by atoms with E-state index in [1.54, 1.807) is 12.1 Å². The van der Waals surface area contributed by atoms with Gasteiger partial charge in [-0.15, -0.1) is 0 Å². The van der Waals surface area contributed by atoms with Crippen LogP contribution in [-0.2, 0) is 4.79 Å². The molecule has 0 atom stereocenters. The fourth-order valence-electron chi connectivity index (χ4n) is 2.23. The number of carbonyl (C=O) groups excluding carboxylic acids is 1. The van der Waals surface area contributed by atoms with Gasteiger partial charge in [0.25, 0.3) is 5.91 Å². The summed E-state index contributed by atoms with van der Waals surface area (Å²) in [6.45, 7) is -0.102. The largest absolute Gasteiger partial charge is 0.274 e. The van der Waals surface area contributed by atoms with E-state index in [2.05, 4.69) is 4.99 Å². The lowest BCUT2D eigenvalue weighted by Gasteiger charge is -2.17. The highest BCUT2D eigenvalue weighted by Gasteiger charge is 2.25. The number of anilines is 1. The van der Waals surface area contributed by atoms with Crippen LogP contribution in [0.5, 0.6) is 0 Å². The number of aliphatic imine (C=N–C) groups is 1. The van der Waals surface area contributed by atoms with Crippen molar-refractivity contribution in [1.29, 1.82) is 0 Å². The van der Waals surface area contributed by atoms with E-state index >= 15 is 0 Å². The SMILES string of the molecule is NN1C(=O)CN=C(c2ccccc2)c2cccc(F)c21. The van der Waals surface area contributed by atoms with E-state index in [1.165, 1.54) is 6.07 Å². The van der Waals surface area contributed by atoms with Gasteiger partial charge < -0.3 is 0 Å². The number of amides is 1. The molecule has 1 heterocycles. The first-order chi connectivity index (χ1) is 9.68. The lowest BCUT2D eigenvalue weighted by molar-refractivity contribution is -0.117. The summed E-state index contributed by atoms with van der Waals surface area (Å²) in [5.74, 6) is 4.72. The molecule has 0 fully saturated rings. The minimum Gasteiger partial charge on any atom is -0.274 e. The van der Waals surface area contributed by atoms with Crippen LogP contribution in [0, 0.1) is 5.82 Å². The van der Waals surface area contributed by atoms with Crippen molar-refractivity contribution in [2.24, 2.45) is 10.8 Å². The van der Waals surface area contributed by atoms with Gasteiger partial charge in [0.15, 0.2) is 0 Å². The molecule has 100 valence electrons. The maximum Gasteiger partial charge on any atom is 0.262 e. The summed E-state index contributed by atoms with van der Waals surface area (Å²) >= 11 is 0. The molecule has 0 saturated heterocycles. The monoisotopic (exact) mass is 269 g/mol. The third-order valence-electron chi connectivity index (χ3n) is 3.17. The zero-order valence-corrected chi connectivity index (χ0v) is 10.6. The number of hydrogen-bond donors (Lipinski definition) is 1. The highest BCUT2D eigenvalue weighted by Crippen LogP contribution is 2.27. The van der Waals surface area contributed by atoms with Crippen LogP contribution in [0.2, 0.25) is 0 Å².